The van der Waals surface area contributed by atoms with E-state index >= 15 is 0 Å². The molecule has 0 aromatic heterocycles. The van der Waals surface area contributed by atoms with Crippen molar-refractivity contribution in [2.75, 3.05) is 52.9 Å². The number of ether oxygens (including phenoxy) is 5. The smallest absolute Gasteiger partial charge is 0.223 e. The summed E-state index contributed by atoms with van der Waals surface area (Å²) in [6, 6.07) is 0. The van der Waals surface area contributed by atoms with Crippen molar-refractivity contribution >= 4 is 23.3 Å². The summed E-state index contributed by atoms with van der Waals surface area (Å²) in [6.45, 7) is 24.1. The zero-order valence-corrected chi connectivity index (χ0v) is 30.0. The van der Waals surface area contributed by atoms with E-state index in [9.17, 15) is 19.2 Å². The van der Waals surface area contributed by atoms with Gasteiger partial charge in [0.2, 0.25) is 5.91 Å². The lowest BCUT2D eigenvalue weighted by molar-refractivity contribution is -0.134. The maximum Gasteiger partial charge on any atom is 0.223 e. The molecule has 0 saturated heterocycles. The number of carbonyl (C=O) groups is 4. The van der Waals surface area contributed by atoms with Gasteiger partial charge in [-0.15, -0.1) is 0 Å². The predicted molar refractivity (Wildman–Crippen MR) is 174 cm³/mol. The highest BCUT2D eigenvalue weighted by molar-refractivity contribution is 5.81. The Balaban J connectivity index is 0. The molecule has 0 spiro atoms. The second kappa shape index (κ2) is 24.5. The number of ketones is 3. The zero-order valence-electron chi connectivity index (χ0n) is 30.0. The fourth-order valence-electron chi connectivity index (χ4n) is 3.86. The van der Waals surface area contributed by atoms with Crippen LogP contribution in [-0.2, 0) is 42.9 Å². The molecule has 0 heterocycles. The van der Waals surface area contributed by atoms with Crippen molar-refractivity contribution in [2.45, 2.75) is 126 Å². The second-order valence-corrected chi connectivity index (χ2v) is 12.6. The Morgan fingerprint density at radius 2 is 1.00 bits per heavy atom. The quantitative estimate of drug-likeness (QED) is 0.125. The van der Waals surface area contributed by atoms with Gasteiger partial charge in [-0.25, -0.2) is 0 Å². The van der Waals surface area contributed by atoms with Gasteiger partial charge in [-0.3, -0.25) is 19.2 Å². The third-order valence-electron chi connectivity index (χ3n) is 6.67. The zero-order chi connectivity index (χ0) is 34.3. The van der Waals surface area contributed by atoms with Crippen LogP contribution >= 0.6 is 0 Å². The topological polar surface area (TPSA) is 126 Å². The molecular weight excluding hydrogens is 566 g/mol. The lowest BCUT2D eigenvalue weighted by atomic mass is 10.0. The third-order valence-corrected chi connectivity index (χ3v) is 6.67. The van der Waals surface area contributed by atoms with E-state index in [1.54, 1.807) is 0 Å². The number of nitrogens with one attached hydrogen (secondary N) is 1. The number of hydrogen-bond acceptors (Lipinski definition) is 9. The van der Waals surface area contributed by atoms with Crippen molar-refractivity contribution in [2.24, 2.45) is 17.8 Å². The van der Waals surface area contributed by atoms with Gasteiger partial charge in [-0.2, -0.15) is 0 Å². The molecule has 0 aliphatic heterocycles. The van der Waals surface area contributed by atoms with Crippen LogP contribution in [0.3, 0.4) is 0 Å². The van der Waals surface area contributed by atoms with Crippen LogP contribution in [0.5, 0.6) is 0 Å². The van der Waals surface area contributed by atoms with E-state index in [-0.39, 0.29) is 112 Å². The number of Topliss-reactive ketones (excluding diaryl/α,β-unsaturated/α-hetero) is 3. The van der Waals surface area contributed by atoms with Gasteiger partial charge >= 0.3 is 0 Å². The van der Waals surface area contributed by atoms with Gasteiger partial charge in [0.15, 0.2) is 0 Å². The number of amides is 1. The lowest BCUT2D eigenvalue weighted by Gasteiger charge is -2.35. The first-order chi connectivity index (χ1) is 20.5. The van der Waals surface area contributed by atoms with Crippen molar-refractivity contribution in [1.82, 2.24) is 5.32 Å². The Bertz CT molecular complexity index is 739. The van der Waals surface area contributed by atoms with Crippen LogP contribution in [0.15, 0.2) is 0 Å². The molecule has 1 N–H and O–H groups in total. The van der Waals surface area contributed by atoms with Gasteiger partial charge in [0.05, 0.1) is 64.4 Å². The standard InChI is InChI=1S/C32H59NO9.C2H6/c1-11-42-31(9,10)19-41-26(8)18-30(37)33-32(20-38-15-12-27(34)23(2)3,21-39-16-13-28(35)24(4)5)22-40-17-14-29(36)25(6)7;1-2/h23-26H,11-22H2,1-10H3,(H,33,37);1-2H3. The molecule has 0 aromatic carbocycles. The van der Waals surface area contributed by atoms with Crippen LogP contribution in [-0.4, -0.2) is 93.4 Å². The van der Waals surface area contributed by atoms with Gasteiger partial charge in [0, 0.05) is 43.6 Å². The van der Waals surface area contributed by atoms with Crippen molar-refractivity contribution < 1.29 is 42.9 Å². The predicted octanol–water partition coefficient (Wildman–Crippen LogP) is 5.37. The summed E-state index contributed by atoms with van der Waals surface area (Å²) in [6.07, 6.45) is 0.426. The Labute approximate surface area is 268 Å². The molecule has 0 aliphatic rings. The van der Waals surface area contributed by atoms with Gasteiger partial charge in [0.1, 0.15) is 22.9 Å². The molecule has 10 nitrogen and oxygen atoms in total. The molecule has 44 heavy (non-hydrogen) atoms. The molecule has 260 valence electrons. The van der Waals surface area contributed by atoms with Gasteiger partial charge in [-0.05, 0) is 27.7 Å². The highest BCUT2D eigenvalue weighted by Gasteiger charge is 2.34. The van der Waals surface area contributed by atoms with Crippen LogP contribution in [0.25, 0.3) is 0 Å². The molecule has 0 fully saturated rings. The molecule has 1 unspecified atom stereocenters. The van der Waals surface area contributed by atoms with Crippen LogP contribution in [0.2, 0.25) is 0 Å². The van der Waals surface area contributed by atoms with E-state index in [0.29, 0.717) is 13.2 Å². The fourth-order valence-corrected chi connectivity index (χ4v) is 3.86. The summed E-state index contributed by atoms with van der Waals surface area (Å²) in [4.78, 5) is 49.6. The third kappa shape index (κ3) is 21.9. The largest absolute Gasteiger partial charge is 0.378 e. The molecule has 1 amide bonds. The minimum Gasteiger partial charge on any atom is -0.378 e. The number of hydrogen-bond donors (Lipinski definition) is 1. The summed E-state index contributed by atoms with van der Waals surface area (Å²) in [5.74, 6) is -0.350. The van der Waals surface area contributed by atoms with Crippen LogP contribution in [0, 0.1) is 17.8 Å². The minimum atomic E-state index is -1.11. The van der Waals surface area contributed by atoms with E-state index in [2.05, 4.69) is 5.32 Å². The van der Waals surface area contributed by atoms with E-state index < -0.39 is 11.1 Å². The average Bonchev–Trinajstić information content (AvgIpc) is 2.95. The maximum atomic E-state index is 13.3. The Kier molecular flexibility index (Phi) is 24.7. The van der Waals surface area contributed by atoms with Crippen LogP contribution in [0.4, 0.5) is 0 Å². The summed E-state index contributed by atoms with van der Waals surface area (Å²) >= 11 is 0. The van der Waals surface area contributed by atoms with E-state index in [1.165, 1.54) is 0 Å². The Hall–Kier alpha value is -1.72. The molecule has 0 rings (SSSR count). The molecule has 0 radical (unpaired) electrons. The molecule has 1 atom stereocenters. The first-order valence-electron chi connectivity index (χ1n) is 16.4. The summed E-state index contributed by atoms with van der Waals surface area (Å²) < 4.78 is 29.3. The van der Waals surface area contributed by atoms with E-state index in [4.69, 9.17) is 23.7 Å². The molecule has 0 bridgehead atoms. The Morgan fingerprint density at radius 3 is 1.32 bits per heavy atom. The molecule has 0 aromatic rings. The highest BCUT2D eigenvalue weighted by Crippen LogP contribution is 2.15. The minimum absolute atomic E-state index is 0.0208. The molecule has 10 heteroatoms. The van der Waals surface area contributed by atoms with Gasteiger partial charge in [0.25, 0.3) is 0 Å². The highest BCUT2D eigenvalue weighted by atomic mass is 16.5. The number of rotatable bonds is 26. The maximum absolute atomic E-state index is 13.3. The summed E-state index contributed by atoms with van der Waals surface area (Å²) in [5.41, 5.74) is -1.59. The molecular formula is C34H65NO9. The summed E-state index contributed by atoms with van der Waals surface area (Å²) in [7, 11) is 0. The number of carbonyl (C=O) groups excluding carboxylic acids is 4. The monoisotopic (exact) mass is 631 g/mol. The van der Waals surface area contributed by atoms with Crippen molar-refractivity contribution in [3.8, 4) is 0 Å². The van der Waals surface area contributed by atoms with Crippen molar-refractivity contribution in [3.05, 3.63) is 0 Å². The molecule has 0 aliphatic carbocycles. The Morgan fingerprint density at radius 1 is 0.636 bits per heavy atom. The SMILES string of the molecule is CC.CCOC(C)(C)COC(C)CC(=O)NC(COCCC(=O)C(C)C)(COCCC(=O)C(C)C)COCCC(=O)C(C)C. The van der Waals surface area contributed by atoms with Crippen molar-refractivity contribution in [1.29, 1.82) is 0 Å². The fraction of sp³-hybridized carbons (Fsp3) is 0.882. The summed E-state index contributed by atoms with van der Waals surface area (Å²) in [5, 5.41) is 3.04. The normalized spacial score (nSPS) is 12.7. The van der Waals surface area contributed by atoms with E-state index in [0.717, 1.165) is 0 Å². The van der Waals surface area contributed by atoms with Crippen LogP contribution < -0.4 is 5.32 Å². The van der Waals surface area contributed by atoms with Gasteiger partial charge < -0.3 is 29.0 Å². The lowest BCUT2D eigenvalue weighted by Crippen LogP contribution is -2.59. The molecule has 0 saturated carbocycles. The average molecular weight is 632 g/mol. The van der Waals surface area contributed by atoms with Crippen LogP contribution in [0.1, 0.15) is 109 Å². The second-order valence-electron chi connectivity index (χ2n) is 12.6. The first-order valence-corrected chi connectivity index (χ1v) is 16.4. The van der Waals surface area contributed by atoms with Crippen molar-refractivity contribution in [3.63, 3.8) is 0 Å². The van der Waals surface area contributed by atoms with Gasteiger partial charge in [-0.1, -0.05) is 55.4 Å². The van der Waals surface area contributed by atoms with E-state index in [1.807, 2.05) is 83.1 Å². The first kappa shape index (κ1) is 44.4.